The van der Waals surface area contributed by atoms with Gasteiger partial charge in [-0.3, -0.25) is 14.8 Å². The van der Waals surface area contributed by atoms with Gasteiger partial charge in [0.25, 0.3) is 5.91 Å². The van der Waals surface area contributed by atoms with Crippen LogP contribution in [-0.4, -0.2) is 46.2 Å². The summed E-state index contributed by atoms with van der Waals surface area (Å²) >= 11 is 0. The molecule has 1 saturated heterocycles. The molecule has 9 heteroatoms. The van der Waals surface area contributed by atoms with Gasteiger partial charge in [0.2, 0.25) is 0 Å². The molecule has 4 heterocycles. The van der Waals surface area contributed by atoms with E-state index in [4.69, 9.17) is 11.0 Å². The second-order valence-corrected chi connectivity index (χ2v) is 7.60. The minimum absolute atomic E-state index is 0.147. The number of pyridine rings is 3. The Balaban J connectivity index is 1.48. The summed E-state index contributed by atoms with van der Waals surface area (Å²) < 4.78 is 15.1. The molecule has 0 bridgehead atoms. The Hall–Kier alpha value is -4.06. The number of nitrogens with zero attached hydrogens (tertiary/aromatic N) is 5. The fourth-order valence-corrected chi connectivity index (χ4v) is 3.71. The number of nitriles is 1. The molecule has 1 aliphatic rings. The molecule has 3 N–H and O–H groups in total. The van der Waals surface area contributed by atoms with Gasteiger partial charge < -0.3 is 16.0 Å². The van der Waals surface area contributed by atoms with Crippen LogP contribution in [0.15, 0.2) is 55.0 Å². The number of nitrogens with one attached hydrogen (secondary N) is 1. The third-order valence-corrected chi connectivity index (χ3v) is 5.40. The summed E-state index contributed by atoms with van der Waals surface area (Å²) in [5.74, 6) is 0.00324. The lowest BCUT2D eigenvalue weighted by Gasteiger charge is -2.36. The summed E-state index contributed by atoms with van der Waals surface area (Å²) in [6, 6.07) is 12.3. The largest absolute Gasteiger partial charge is 0.378 e. The average molecular weight is 431 g/mol. The molecule has 1 aliphatic heterocycles. The van der Waals surface area contributed by atoms with E-state index in [0.717, 1.165) is 5.69 Å². The standard InChI is InChI=1S/C23H22FN7O/c24-19-14-31(22-5-4-15(11-25)12-29-22)8-6-20(19)30-21-10-17(28-13-18(21)23(26)32)9-16-3-1-2-7-27-16/h1-5,7,10,12-13,19-20H,6,8-9,14H2,(H2,26,32)(H,28,30)/t19-,20+/m0/s1. The molecule has 0 saturated carbocycles. The van der Waals surface area contributed by atoms with Crippen LogP contribution in [0.3, 0.4) is 0 Å². The van der Waals surface area contributed by atoms with Crippen molar-refractivity contribution in [3.05, 3.63) is 77.5 Å². The summed E-state index contributed by atoms with van der Waals surface area (Å²) in [5.41, 5.74) is 8.20. The van der Waals surface area contributed by atoms with E-state index >= 15 is 4.39 Å². The van der Waals surface area contributed by atoms with Gasteiger partial charge in [0.1, 0.15) is 18.1 Å². The van der Waals surface area contributed by atoms with Gasteiger partial charge in [-0.1, -0.05) is 6.07 Å². The number of carbonyl (C=O) groups is 1. The maximum atomic E-state index is 15.1. The number of anilines is 2. The van der Waals surface area contributed by atoms with Gasteiger partial charge in [-0.05, 0) is 36.8 Å². The SMILES string of the molecule is N#Cc1ccc(N2CC[C@@H](Nc3cc(Cc4ccccn4)ncc3C(N)=O)[C@@H](F)C2)nc1. The number of rotatable bonds is 6. The lowest BCUT2D eigenvalue weighted by Crippen LogP contribution is -2.48. The zero-order valence-electron chi connectivity index (χ0n) is 17.3. The van der Waals surface area contributed by atoms with Crippen LogP contribution in [-0.2, 0) is 6.42 Å². The molecule has 4 rings (SSSR count). The molecule has 0 radical (unpaired) electrons. The van der Waals surface area contributed by atoms with Crippen molar-refractivity contribution in [1.82, 2.24) is 15.0 Å². The lowest BCUT2D eigenvalue weighted by molar-refractivity contribution is 0.100. The van der Waals surface area contributed by atoms with Crippen molar-refractivity contribution in [1.29, 1.82) is 5.26 Å². The van der Waals surface area contributed by atoms with E-state index in [1.807, 2.05) is 29.2 Å². The molecule has 1 amide bonds. The molecule has 3 aromatic heterocycles. The normalized spacial score (nSPS) is 18.1. The maximum absolute atomic E-state index is 15.1. The third kappa shape index (κ3) is 4.81. The van der Waals surface area contributed by atoms with Crippen LogP contribution >= 0.6 is 0 Å². The number of amides is 1. The summed E-state index contributed by atoms with van der Waals surface area (Å²) in [6.45, 7) is 0.725. The first-order valence-electron chi connectivity index (χ1n) is 10.2. The Labute approximate surface area is 184 Å². The molecule has 32 heavy (non-hydrogen) atoms. The van der Waals surface area contributed by atoms with E-state index in [1.165, 1.54) is 12.4 Å². The van der Waals surface area contributed by atoms with Crippen molar-refractivity contribution >= 4 is 17.4 Å². The van der Waals surface area contributed by atoms with E-state index in [2.05, 4.69) is 20.3 Å². The Bertz CT molecular complexity index is 1130. The Morgan fingerprint density at radius 3 is 2.75 bits per heavy atom. The van der Waals surface area contributed by atoms with Crippen molar-refractivity contribution in [2.75, 3.05) is 23.3 Å². The van der Waals surface area contributed by atoms with Gasteiger partial charge in [-0.2, -0.15) is 5.26 Å². The van der Waals surface area contributed by atoms with E-state index in [-0.39, 0.29) is 12.1 Å². The van der Waals surface area contributed by atoms with Gasteiger partial charge in [0, 0.05) is 42.9 Å². The Morgan fingerprint density at radius 1 is 1.22 bits per heavy atom. The molecule has 0 aromatic carbocycles. The van der Waals surface area contributed by atoms with Gasteiger partial charge >= 0.3 is 0 Å². The summed E-state index contributed by atoms with van der Waals surface area (Å²) in [5, 5.41) is 12.1. The molecule has 8 nitrogen and oxygen atoms in total. The molecule has 0 spiro atoms. The van der Waals surface area contributed by atoms with Crippen LogP contribution in [0, 0.1) is 11.3 Å². The number of nitrogens with two attached hydrogens (primary N) is 1. The Morgan fingerprint density at radius 2 is 2.09 bits per heavy atom. The molecular formula is C23H22FN7O. The Kier molecular flexibility index (Phi) is 6.22. The highest BCUT2D eigenvalue weighted by molar-refractivity contribution is 5.98. The zero-order valence-corrected chi connectivity index (χ0v) is 17.3. The van der Waals surface area contributed by atoms with Crippen LogP contribution in [0.4, 0.5) is 15.9 Å². The van der Waals surface area contributed by atoms with Crippen LogP contribution in [0.25, 0.3) is 0 Å². The van der Waals surface area contributed by atoms with Gasteiger partial charge in [0.15, 0.2) is 0 Å². The second kappa shape index (κ2) is 9.39. The number of alkyl halides is 1. The minimum Gasteiger partial charge on any atom is -0.378 e. The van der Waals surface area contributed by atoms with Crippen molar-refractivity contribution in [3.8, 4) is 6.07 Å². The van der Waals surface area contributed by atoms with E-state index < -0.39 is 18.1 Å². The molecule has 3 aromatic rings. The molecule has 2 atom stereocenters. The monoisotopic (exact) mass is 431 g/mol. The summed E-state index contributed by atoms with van der Waals surface area (Å²) in [4.78, 5) is 26.6. The number of halogens is 1. The highest BCUT2D eigenvalue weighted by Crippen LogP contribution is 2.25. The minimum atomic E-state index is -1.20. The fraction of sp³-hybridized carbons (Fsp3) is 0.261. The average Bonchev–Trinajstić information content (AvgIpc) is 2.81. The number of aromatic nitrogens is 3. The topological polar surface area (TPSA) is 121 Å². The number of primary amides is 1. The molecular weight excluding hydrogens is 409 g/mol. The lowest BCUT2D eigenvalue weighted by atomic mass is 10.0. The second-order valence-electron chi connectivity index (χ2n) is 7.60. The quantitative estimate of drug-likeness (QED) is 0.615. The molecule has 1 fully saturated rings. The predicted molar refractivity (Wildman–Crippen MR) is 118 cm³/mol. The van der Waals surface area contributed by atoms with Crippen LogP contribution < -0.4 is 16.0 Å². The van der Waals surface area contributed by atoms with E-state index in [9.17, 15) is 4.79 Å². The number of piperidine rings is 1. The highest BCUT2D eigenvalue weighted by atomic mass is 19.1. The molecule has 162 valence electrons. The first kappa shape index (κ1) is 21.2. The fourth-order valence-electron chi connectivity index (χ4n) is 3.71. The number of hydrogen-bond acceptors (Lipinski definition) is 7. The van der Waals surface area contributed by atoms with Crippen LogP contribution in [0.1, 0.15) is 33.7 Å². The number of carbonyl (C=O) groups excluding carboxylic acids is 1. The smallest absolute Gasteiger partial charge is 0.252 e. The van der Waals surface area contributed by atoms with Crippen molar-refractivity contribution < 1.29 is 9.18 Å². The number of hydrogen-bond donors (Lipinski definition) is 2. The molecule has 0 unspecified atom stereocenters. The molecule has 0 aliphatic carbocycles. The summed E-state index contributed by atoms with van der Waals surface area (Å²) in [6.07, 6.45) is 4.39. The maximum Gasteiger partial charge on any atom is 0.252 e. The predicted octanol–water partition coefficient (Wildman–Crippen LogP) is 2.46. The zero-order chi connectivity index (χ0) is 22.5. The third-order valence-electron chi connectivity index (χ3n) is 5.40. The van der Waals surface area contributed by atoms with Gasteiger partial charge in [-0.15, -0.1) is 0 Å². The van der Waals surface area contributed by atoms with Gasteiger partial charge in [-0.25, -0.2) is 9.37 Å². The first-order valence-corrected chi connectivity index (χ1v) is 10.2. The van der Waals surface area contributed by atoms with E-state index in [0.29, 0.717) is 42.1 Å². The van der Waals surface area contributed by atoms with Crippen LogP contribution in [0.5, 0.6) is 0 Å². The van der Waals surface area contributed by atoms with Crippen molar-refractivity contribution in [2.45, 2.75) is 25.1 Å². The first-order chi connectivity index (χ1) is 15.5. The van der Waals surface area contributed by atoms with Crippen molar-refractivity contribution in [2.24, 2.45) is 5.73 Å². The highest BCUT2D eigenvalue weighted by Gasteiger charge is 2.30. The summed E-state index contributed by atoms with van der Waals surface area (Å²) in [7, 11) is 0. The van der Waals surface area contributed by atoms with Gasteiger partial charge in [0.05, 0.1) is 29.4 Å². The van der Waals surface area contributed by atoms with Crippen molar-refractivity contribution in [3.63, 3.8) is 0 Å². The van der Waals surface area contributed by atoms with Crippen LogP contribution in [0.2, 0.25) is 0 Å². The van der Waals surface area contributed by atoms with E-state index in [1.54, 1.807) is 24.4 Å².